The molecule has 0 aliphatic carbocycles. The van der Waals surface area contributed by atoms with Crippen molar-refractivity contribution in [1.82, 2.24) is 0 Å². The summed E-state index contributed by atoms with van der Waals surface area (Å²) in [6.45, 7) is 7.94. The average molecular weight is 238 g/mol. The first kappa shape index (κ1) is 12.4. The molecule has 0 heterocycles. The molecule has 2 aromatic carbocycles. The molecule has 0 saturated heterocycles. The second-order valence-corrected chi connectivity index (χ2v) is 4.82. The van der Waals surface area contributed by atoms with Crippen LogP contribution in [0.3, 0.4) is 0 Å². The van der Waals surface area contributed by atoms with Crippen LogP contribution in [-0.4, -0.2) is 5.11 Å². The summed E-state index contributed by atoms with van der Waals surface area (Å²) in [7, 11) is 0. The van der Waals surface area contributed by atoms with Crippen molar-refractivity contribution in [1.29, 1.82) is 0 Å². The minimum atomic E-state index is 0.370. The second kappa shape index (κ2) is 5.09. The van der Waals surface area contributed by atoms with Gasteiger partial charge in [-0.15, -0.1) is 0 Å². The van der Waals surface area contributed by atoms with Gasteiger partial charge < -0.3 is 5.11 Å². The summed E-state index contributed by atoms with van der Waals surface area (Å²) in [6.07, 6.45) is 0.716. The number of rotatable bonds is 3. The van der Waals surface area contributed by atoms with Crippen LogP contribution in [0.5, 0.6) is 5.75 Å². The zero-order valence-corrected chi connectivity index (χ0v) is 10.9. The van der Waals surface area contributed by atoms with E-state index < -0.39 is 0 Å². The van der Waals surface area contributed by atoms with E-state index in [-0.39, 0.29) is 0 Å². The first-order chi connectivity index (χ1) is 8.58. The summed E-state index contributed by atoms with van der Waals surface area (Å²) in [6, 6.07) is 14.0. The molecule has 0 aliphatic rings. The monoisotopic (exact) mass is 238 g/mol. The Kier molecular flexibility index (Phi) is 3.52. The van der Waals surface area contributed by atoms with Crippen LogP contribution in [0.15, 0.2) is 54.6 Å². The Balaban J connectivity index is 2.55. The molecule has 0 spiro atoms. The number of allylic oxidation sites excluding steroid dienone is 1. The molecule has 0 atom stereocenters. The summed E-state index contributed by atoms with van der Waals surface area (Å²) in [5.41, 5.74) is 5.09. The zero-order valence-electron chi connectivity index (χ0n) is 10.9. The molecular formula is C17H18O. The minimum Gasteiger partial charge on any atom is -0.507 e. The smallest absolute Gasteiger partial charge is 0.126 e. The highest BCUT2D eigenvalue weighted by molar-refractivity contribution is 5.72. The van der Waals surface area contributed by atoms with E-state index >= 15 is 0 Å². The number of phenolic OH excluding ortho intramolecular Hbond substituents is 1. The second-order valence-electron chi connectivity index (χ2n) is 4.82. The highest BCUT2D eigenvalue weighted by atomic mass is 16.3. The average Bonchev–Trinajstić information content (AvgIpc) is 2.34. The lowest BCUT2D eigenvalue weighted by Gasteiger charge is -2.12. The Bertz CT molecular complexity index is 568. The van der Waals surface area contributed by atoms with Crippen LogP contribution in [0.4, 0.5) is 0 Å². The molecule has 0 bridgehead atoms. The van der Waals surface area contributed by atoms with E-state index in [1.807, 2.05) is 56.3 Å². The Hall–Kier alpha value is -2.02. The Morgan fingerprint density at radius 2 is 1.83 bits per heavy atom. The zero-order chi connectivity index (χ0) is 13.1. The summed E-state index contributed by atoms with van der Waals surface area (Å²) in [4.78, 5) is 0. The van der Waals surface area contributed by atoms with Crippen molar-refractivity contribution >= 4 is 0 Å². The molecule has 0 unspecified atom stereocenters. The van der Waals surface area contributed by atoms with Crippen LogP contribution < -0.4 is 0 Å². The number of benzene rings is 2. The maximum Gasteiger partial charge on any atom is 0.126 e. The van der Waals surface area contributed by atoms with Gasteiger partial charge in [-0.1, -0.05) is 48.6 Å². The molecule has 92 valence electrons. The SMILES string of the molecule is C=C(C)Cc1cc(C)cc(-c2ccccc2)c1O. The molecule has 1 N–H and O–H groups in total. The van der Waals surface area contributed by atoms with E-state index in [2.05, 4.69) is 6.58 Å². The van der Waals surface area contributed by atoms with Crippen molar-refractivity contribution in [3.05, 3.63) is 65.7 Å². The fourth-order valence-electron chi connectivity index (χ4n) is 2.15. The van der Waals surface area contributed by atoms with Crippen LogP contribution in [0, 0.1) is 6.92 Å². The normalized spacial score (nSPS) is 10.3. The van der Waals surface area contributed by atoms with Gasteiger partial charge in [0.15, 0.2) is 0 Å². The van der Waals surface area contributed by atoms with Crippen molar-refractivity contribution in [2.24, 2.45) is 0 Å². The molecule has 0 fully saturated rings. The summed E-state index contributed by atoms with van der Waals surface area (Å²) in [5.74, 6) is 0.370. The van der Waals surface area contributed by atoms with Gasteiger partial charge in [-0.3, -0.25) is 0 Å². The molecule has 0 amide bonds. The van der Waals surface area contributed by atoms with Gasteiger partial charge in [-0.2, -0.15) is 0 Å². The lowest BCUT2D eigenvalue weighted by atomic mass is 9.96. The van der Waals surface area contributed by atoms with Crippen LogP contribution in [0.2, 0.25) is 0 Å². The Morgan fingerprint density at radius 1 is 1.17 bits per heavy atom. The standard InChI is InChI=1S/C17H18O/c1-12(2)9-15-10-13(3)11-16(17(15)18)14-7-5-4-6-8-14/h4-8,10-11,18H,1,9H2,2-3H3. The maximum atomic E-state index is 10.4. The number of aromatic hydroxyl groups is 1. The van der Waals surface area contributed by atoms with Crippen LogP contribution >= 0.6 is 0 Å². The fourth-order valence-corrected chi connectivity index (χ4v) is 2.15. The fraction of sp³-hybridized carbons (Fsp3) is 0.176. The van der Waals surface area contributed by atoms with E-state index in [1.54, 1.807) is 0 Å². The third kappa shape index (κ3) is 2.62. The molecule has 0 aliphatic heterocycles. The van der Waals surface area contributed by atoms with Crippen LogP contribution in [0.1, 0.15) is 18.1 Å². The van der Waals surface area contributed by atoms with E-state index in [4.69, 9.17) is 0 Å². The largest absolute Gasteiger partial charge is 0.507 e. The third-order valence-corrected chi connectivity index (χ3v) is 2.91. The molecule has 0 aromatic heterocycles. The summed E-state index contributed by atoms with van der Waals surface area (Å²) < 4.78 is 0. The molecule has 1 heteroatoms. The topological polar surface area (TPSA) is 20.2 Å². The van der Waals surface area contributed by atoms with Gasteiger partial charge >= 0.3 is 0 Å². The van der Waals surface area contributed by atoms with Crippen molar-refractivity contribution < 1.29 is 5.11 Å². The molecule has 0 radical (unpaired) electrons. The van der Waals surface area contributed by atoms with E-state index in [1.165, 1.54) is 0 Å². The maximum absolute atomic E-state index is 10.4. The lowest BCUT2D eigenvalue weighted by Crippen LogP contribution is -1.91. The number of hydrogen-bond donors (Lipinski definition) is 1. The molecule has 2 aromatic rings. The van der Waals surface area contributed by atoms with Crippen molar-refractivity contribution in [3.8, 4) is 16.9 Å². The van der Waals surface area contributed by atoms with Gasteiger partial charge in [0.25, 0.3) is 0 Å². The van der Waals surface area contributed by atoms with Gasteiger partial charge in [-0.05, 0) is 43.0 Å². The van der Waals surface area contributed by atoms with Gasteiger partial charge in [0.1, 0.15) is 5.75 Å². The quantitative estimate of drug-likeness (QED) is 0.781. The Labute approximate surface area is 108 Å². The summed E-state index contributed by atoms with van der Waals surface area (Å²) >= 11 is 0. The molecular weight excluding hydrogens is 220 g/mol. The summed E-state index contributed by atoms with van der Waals surface area (Å²) in [5, 5.41) is 10.4. The van der Waals surface area contributed by atoms with Crippen LogP contribution in [-0.2, 0) is 6.42 Å². The molecule has 0 saturated carbocycles. The number of aryl methyl sites for hydroxylation is 1. The first-order valence-corrected chi connectivity index (χ1v) is 6.10. The molecule has 1 nitrogen and oxygen atoms in total. The lowest BCUT2D eigenvalue weighted by molar-refractivity contribution is 0.471. The molecule has 2 rings (SSSR count). The van der Waals surface area contributed by atoms with Gasteiger partial charge in [0.2, 0.25) is 0 Å². The van der Waals surface area contributed by atoms with E-state index in [0.29, 0.717) is 12.2 Å². The highest BCUT2D eigenvalue weighted by Crippen LogP contribution is 2.34. The van der Waals surface area contributed by atoms with Crippen molar-refractivity contribution in [3.63, 3.8) is 0 Å². The predicted octanol–water partition coefficient (Wildman–Crippen LogP) is 4.49. The van der Waals surface area contributed by atoms with Crippen molar-refractivity contribution in [2.75, 3.05) is 0 Å². The van der Waals surface area contributed by atoms with Gasteiger partial charge in [-0.25, -0.2) is 0 Å². The molecule has 18 heavy (non-hydrogen) atoms. The first-order valence-electron chi connectivity index (χ1n) is 6.10. The number of hydrogen-bond acceptors (Lipinski definition) is 1. The number of phenols is 1. The third-order valence-electron chi connectivity index (χ3n) is 2.91. The highest BCUT2D eigenvalue weighted by Gasteiger charge is 2.10. The Morgan fingerprint density at radius 3 is 2.44 bits per heavy atom. The predicted molar refractivity (Wildman–Crippen MR) is 76.8 cm³/mol. The van der Waals surface area contributed by atoms with E-state index in [9.17, 15) is 5.11 Å². The van der Waals surface area contributed by atoms with Crippen LogP contribution in [0.25, 0.3) is 11.1 Å². The van der Waals surface area contributed by atoms with Gasteiger partial charge in [0, 0.05) is 5.56 Å². The minimum absolute atomic E-state index is 0.370. The van der Waals surface area contributed by atoms with E-state index in [0.717, 1.165) is 27.8 Å². The van der Waals surface area contributed by atoms with Crippen molar-refractivity contribution in [2.45, 2.75) is 20.3 Å². The van der Waals surface area contributed by atoms with Gasteiger partial charge in [0.05, 0.1) is 0 Å².